The van der Waals surface area contributed by atoms with Crippen molar-refractivity contribution >= 4 is 29.3 Å². The Morgan fingerprint density at radius 2 is 2.08 bits per heavy atom. The third-order valence-electron chi connectivity index (χ3n) is 3.91. The Kier molecular flexibility index (Phi) is 7.59. The second kappa shape index (κ2) is 9.69. The van der Waals surface area contributed by atoms with Crippen molar-refractivity contribution in [3.05, 3.63) is 29.8 Å². The monoisotopic (exact) mass is 350 g/mol. The number of nitrogens with zero attached hydrogens (tertiary/aromatic N) is 1. The molecule has 24 heavy (non-hydrogen) atoms. The van der Waals surface area contributed by atoms with Crippen molar-refractivity contribution in [2.75, 3.05) is 37.4 Å². The van der Waals surface area contributed by atoms with E-state index in [9.17, 15) is 9.59 Å². The summed E-state index contributed by atoms with van der Waals surface area (Å²) in [5.41, 5.74) is 1.27. The molecule has 1 N–H and O–H groups in total. The van der Waals surface area contributed by atoms with Gasteiger partial charge in [0, 0.05) is 24.3 Å². The van der Waals surface area contributed by atoms with Gasteiger partial charge in [-0.1, -0.05) is 19.4 Å². The van der Waals surface area contributed by atoms with Crippen LogP contribution in [0.1, 0.15) is 37.0 Å². The quantitative estimate of drug-likeness (QED) is 0.768. The first-order chi connectivity index (χ1) is 11.6. The summed E-state index contributed by atoms with van der Waals surface area (Å²) in [6.07, 6.45) is 2.25. The topological polar surface area (TPSA) is 58.6 Å². The highest BCUT2D eigenvalue weighted by Crippen LogP contribution is 2.17. The molecule has 1 heterocycles. The standard InChI is InChI=1S/C18H26N2O3S/c1-3-4-12-24-14(2)17(21)19-16-7-5-6-15(13-16)18(22)20-8-10-23-11-9-20/h5-7,13-14H,3-4,8-12H2,1-2H3,(H,19,21). The van der Waals surface area contributed by atoms with Crippen LogP contribution in [0.5, 0.6) is 0 Å². The SMILES string of the molecule is CCCCSC(C)C(=O)Nc1cccc(C(=O)N2CCOCC2)c1. The normalized spacial score (nSPS) is 15.8. The predicted molar refractivity (Wildman–Crippen MR) is 98.6 cm³/mol. The number of carbonyl (C=O) groups excluding carboxylic acids is 2. The van der Waals surface area contributed by atoms with Gasteiger partial charge in [0.2, 0.25) is 5.91 Å². The van der Waals surface area contributed by atoms with Crippen molar-refractivity contribution in [3.8, 4) is 0 Å². The molecule has 1 aliphatic heterocycles. The Labute approximate surface area is 148 Å². The molecule has 0 spiro atoms. The summed E-state index contributed by atoms with van der Waals surface area (Å²) in [5, 5.41) is 2.81. The van der Waals surface area contributed by atoms with E-state index in [2.05, 4.69) is 12.2 Å². The third-order valence-corrected chi connectivity index (χ3v) is 5.15. The van der Waals surface area contributed by atoms with Crippen LogP contribution >= 0.6 is 11.8 Å². The number of benzene rings is 1. The number of unbranched alkanes of at least 4 members (excludes halogenated alkanes) is 1. The molecule has 1 saturated heterocycles. The van der Waals surface area contributed by atoms with Crippen molar-refractivity contribution in [2.45, 2.75) is 31.9 Å². The summed E-state index contributed by atoms with van der Waals surface area (Å²) in [7, 11) is 0. The van der Waals surface area contributed by atoms with Crippen molar-refractivity contribution in [3.63, 3.8) is 0 Å². The Bertz CT molecular complexity index is 559. The Balaban J connectivity index is 1.94. The van der Waals surface area contributed by atoms with Crippen molar-refractivity contribution in [1.82, 2.24) is 4.90 Å². The molecular weight excluding hydrogens is 324 g/mol. The molecule has 6 heteroatoms. The molecule has 1 aliphatic rings. The molecule has 132 valence electrons. The minimum absolute atomic E-state index is 0.0141. The zero-order valence-corrected chi connectivity index (χ0v) is 15.2. The number of hydrogen-bond acceptors (Lipinski definition) is 4. The van der Waals surface area contributed by atoms with Gasteiger partial charge in [0.25, 0.3) is 5.91 Å². The van der Waals surface area contributed by atoms with Gasteiger partial charge in [-0.25, -0.2) is 0 Å². The van der Waals surface area contributed by atoms with Gasteiger partial charge in [0.1, 0.15) is 0 Å². The molecule has 2 rings (SSSR count). The molecule has 0 saturated carbocycles. The first-order valence-corrected chi connectivity index (χ1v) is 9.56. The van der Waals surface area contributed by atoms with Crippen LogP contribution in [0, 0.1) is 0 Å². The van der Waals surface area contributed by atoms with Crippen LogP contribution in [0.2, 0.25) is 0 Å². The number of nitrogens with one attached hydrogen (secondary N) is 1. The largest absolute Gasteiger partial charge is 0.378 e. The molecule has 1 unspecified atom stereocenters. The van der Waals surface area contributed by atoms with Crippen LogP contribution < -0.4 is 5.32 Å². The lowest BCUT2D eigenvalue weighted by molar-refractivity contribution is -0.115. The van der Waals surface area contributed by atoms with E-state index in [1.807, 2.05) is 13.0 Å². The second-order valence-electron chi connectivity index (χ2n) is 5.84. The number of anilines is 1. The maximum Gasteiger partial charge on any atom is 0.254 e. The highest BCUT2D eigenvalue weighted by Gasteiger charge is 2.19. The summed E-state index contributed by atoms with van der Waals surface area (Å²) < 4.78 is 5.28. The lowest BCUT2D eigenvalue weighted by Crippen LogP contribution is -2.40. The van der Waals surface area contributed by atoms with Gasteiger partial charge < -0.3 is 15.0 Å². The number of amides is 2. The van der Waals surface area contributed by atoms with E-state index in [-0.39, 0.29) is 17.1 Å². The number of rotatable bonds is 7. The van der Waals surface area contributed by atoms with E-state index < -0.39 is 0 Å². The Morgan fingerprint density at radius 3 is 2.79 bits per heavy atom. The van der Waals surface area contributed by atoms with Gasteiger partial charge >= 0.3 is 0 Å². The van der Waals surface area contributed by atoms with Gasteiger partial charge in [0.15, 0.2) is 0 Å². The molecule has 5 nitrogen and oxygen atoms in total. The number of ether oxygens (including phenoxy) is 1. The molecule has 0 aromatic heterocycles. The molecule has 1 atom stereocenters. The summed E-state index contributed by atoms with van der Waals surface area (Å²) in [6.45, 7) is 6.44. The third kappa shape index (κ3) is 5.53. The summed E-state index contributed by atoms with van der Waals surface area (Å²) >= 11 is 1.66. The van der Waals surface area contributed by atoms with Crippen LogP contribution in [0.25, 0.3) is 0 Å². The lowest BCUT2D eigenvalue weighted by atomic mass is 10.1. The summed E-state index contributed by atoms with van der Waals surface area (Å²) in [5.74, 6) is 0.951. The number of hydrogen-bond donors (Lipinski definition) is 1. The maximum atomic E-state index is 12.5. The maximum absolute atomic E-state index is 12.5. The van der Waals surface area contributed by atoms with Crippen LogP contribution in [-0.2, 0) is 9.53 Å². The highest BCUT2D eigenvalue weighted by molar-refractivity contribution is 8.00. The molecule has 1 aromatic carbocycles. The van der Waals surface area contributed by atoms with E-state index in [4.69, 9.17) is 4.74 Å². The smallest absolute Gasteiger partial charge is 0.254 e. The van der Waals surface area contributed by atoms with Crippen molar-refractivity contribution in [1.29, 1.82) is 0 Å². The van der Waals surface area contributed by atoms with Gasteiger partial charge in [-0.2, -0.15) is 0 Å². The molecule has 0 aliphatic carbocycles. The highest BCUT2D eigenvalue weighted by atomic mass is 32.2. The van der Waals surface area contributed by atoms with Crippen LogP contribution in [0.4, 0.5) is 5.69 Å². The molecular formula is C18H26N2O3S. The average Bonchev–Trinajstić information content (AvgIpc) is 2.62. The molecule has 2 amide bonds. The Morgan fingerprint density at radius 1 is 1.33 bits per heavy atom. The fourth-order valence-corrected chi connectivity index (χ4v) is 3.42. The number of thioether (sulfide) groups is 1. The number of carbonyl (C=O) groups is 2. The van der Waals surface area contributed by atoms with Crippen molar-refractivity contribution in [2.24, 2.45) is 0 Å². The first kappa shape index (κ1) is 18.8. The van der Waals surface area contributed by atoms with Gasteiger partial charge in [-0.05, 0) is 37.3 Å². The van der Waals surface area contributed by atoms with Crippen LogP contribution in [0.3, 0.4) is 0 Å². The molecule has 0 bridgehead atoms. The second-order valence-corrected chi connectivity index (χ2v) is 7.29. The zero-order chi connectivity index (χ0) is 17.4. The summed E-state index contributed by atoms with van der Waals surface area (Å²) in [6, 6.07) is 7.15. The van der Waals surface area contributed by atoms with E-state index in [1.165, 1.54) is 0 Å². The van der Waals surface area contributed by atoms with Gasteiger partial charge in [-0.15, -0.1) is 11.8 Å². The predicted octanol–water partition coefficient (Wildman–Crippen LogP) is 3.02. The van der Waals surface area contributed by atoms with Crippen LogP contribution in [-0.4, -0.2) is 54.0 Å². The lowest BCUT2D eigenvalue weighted by Gasteiger charge is -2.27. The van der Waals surface area contributed by atoms with E-state index in [0.29, 0.717) is 37.6 Å². The van der Waals surface area contributed by atoms with Crippen LogP contribution in [0.15, 0.2) is 24.3 Å². The molecule has 1 aromatic rings. The minimum atomic E-state index is -0.102. The van der Waals surface area contributed by atoms with E-state index in [0.717, 1.165) is 18.6 Å². The zero-order valence-electron chi connectivity index (χ0n) is 14.4. The van der Waals surface area contributed by atoms with E-state index >= 15 is 0 Å². The van der Waals surface area contributed by atoms with Crippen molar-refractivity contribution < 1.29 is 14.3 Å². The molecule has 0 radical (unpaired) electrons. The van der Waals surface area contributed by atoms with Gasteiger partial charge in [-0.3, -0.25) is 9.59 Å². The van der Waals surface area contributed by atoms with Gasteiger partial charge in [0.05, 0.1) is 18.5 Å². The Hall–Kier alpha value is -1.53. The fourth-order valence-electron chi connectivity index (χ4n) is 2.40. The number of morpholine rings is 1. The summed E-state index contributed by atoms with van der Waals surface area (Å²) in [4.78, 5) is 26.5. The first-order valence-electron chi connectivity index (χ1n) is 8.51. The molecule has 1 fully saturated rings. The fraction of sp³-hybridized carbons (Fsp3) is 0.556. The van der Waals surface area contributed by atoms with E-state index in [1.54, 1.807) is 34.9 Å². The average molecular weight is 350 g/mol. The minimum Gasteiger partial charge on any atom is -0.378 e.